The number of sulfonamides is 1. The third-order valence-corrected chi connectivity index (χ3v) is 6.00. The van der Waals surface area contributed by atoms with Gasteiger partial charge in [-0.05, 0) is 49.4 Å². The van der Waals surface area contributed by atoms with Crippen LogP contribution in [0.3, 0.4) is 0 Å². The van der Waals surface area contributed by atoms with Crippen LogP contribution in [0.5, 0.6) is 0 Å². The molecule has 1 saturated heterocycles. The standard InChI is InChI=1S/C14H17F3N2O2S/c15-14(16,17)10-2-1-3-12(6-10)22(20,21)19-11-7-13(8-11)4-5-18-9-13/h1-3,6,11,18-19H,4-5,7-9H2. The number of alkyl halides is 3. The molecule has 1 aliphatic carbocycles. The lowest BCUT2D eigenvalue weighted by molar-refractivity contribution is -0.137. The maximum Gasteiger partial charge on any atom is 0.416 e. The molecule has 1 heterocycles. The Kier molecular flexibility index (Phi) is 3.73. The summed E-state index contributed by atoms with van der Waals surface area (Å²) in [6.07, 6.45) is -2.06. The zero-order chi connectivity index (χ0) is 16.0. The van der Waals surface area contributed by atoms with Crippen LogP contribution in [0.1, 0.15) is 24.8 Å². The Morgan fingerprint density at radius 3 is 2.59 bits per heavy atom. The summed E-state index contributed by atoms with van der Waals surface area (Å²) >= 11 is 0. The first-order valence-electron chi connectivity index (χ1n) is 7.11. The van der Waals surface area contributed by atoms with Gasteiger partial charge in [-0.1, -0.05) is 6.07 Å². The van der Waals surface area contributed by atoms with E-state index < -0.39 is 21.8 Å². The van der Waals surface area contributed by atoms with Crippen molar-refractivity contribution in [2.75, 3.05) is 13.1 Å². The van der Waals surface area contributed by atoms with E-state index in [1.807, 2.05) is 0 Å². The molecule has 22 heavy (non-hydrogen) atoms. The Hall–Kier alpha value is -1.12. The van der Waals surface area contributed by atoms with E-state index in [4.69, 9.17) is 0 Å². The lowest BCUT2D eigenvalue weighted by Gasteiger charge is -2.44. The van der Waals surface area contributed by atoms with Gasteiger partial charge in [-0.2, -0.15) is 13.2 Å². The SMILES string of the molecule is O=S(=O)(NC1CC2(CCNC2)C1)c1cccc(C(F)(F)F)c1. The average Bonchev–Trinajstić information content (AvgIpc) is 2.86. The van der Waals surface area contributed by atoms with E-state index in [1.54, 1.807) is 0 Å². The normalized spacial score (nSPS) is 28.8. The predicted octanol–water partition coefficient (Wildman–Crippen LogP) is 2.13. The zero-order valence-corrected chi connectivity index (χ0v) is 12.6. The van der Waals surface area contributed by atoms with Gasteiger partial charge in [0.15, 0.2) is 0 Å². The highest BCUT2D eigenvalue weighted by molar-refractivity contribution is 7.89. The first-order valence-corrected chi connectivity index (χ1v) is 8.59. The van der Waals surface area contributed by atoms with E-state index in [1.165, 1.54) is 6.07 Å². The molecule has 0 amide bonds. The van der Waals surface area contributed by atoms with Gasteiger partial charge in [-0.15, -0.1) is 0 Å². The van der Waals surface area contributed by atoms with Crippen LogP contribution in [0.25, 0.3) is 0 Å². The summed E-state index contributed by atoms with van der Waals surface area (Å²) in [7, 11) is -3.92. The van der Waals surface area contributed by atoms with Gasteiger partial charge in [0, 0.05) is 12.6 Å². The van der Waals surface area contributed by atoms with Crippen LogP contribution in [-0.2, 0) is 16.2 Å². The van der Waals surface area contributed by atoms with Crippen molar-refractivity contribution in [3.63, 3.8) is 0 Å². The van der Waals surface area contributed by atoms with Crippen molar-refractivity contribution in [3.05, 3.63) is 29.8 Å². The molecule has 1 aromatic rings. The minimum atomic E-state index is -4.55. The number of halogens is 3. The fourth-order valence-electron chi connectivity index (χ4n) is 3.34. The van der Waals surface area contributed by atoms with Crippen molar-refractivity contribution in [2.45, 2.75) is 36.4 Å². The number of nitrogens with one attached hydrogen (secondary N) is 2. The number of rotatable bonds is 3. The molecule has 0 radical (unpaired) electrons. The van der Waals surface area contributed by atoms with Crippen molar-refractivity contribution < 1.29 is 21.6 Å². The molecule has 8 heteroatoms. The molecule has 0 aromatic heterocycles. The van der Waals surface area contributed by atoms with Gasteiger partial charge < -0.3 is 5.32 Å². The quantitative estimate of drug-likeness (QED) is 0.890. The third kappa shape index (κ3) is 3.00. The lowest BCUT2D eigenvalue weighted by atomic mass is 9.65. The van der Waals surface area contributed by atoms with Gasteiger partial charge in [0.1, 0.15) is 0 Å². The highest BCUT2D eigenvalue weighted by Crippen LogP contribution is 2.46. The van der Waals surface area contributed by atoms with Crippen molar-refractivity contribution in [1.82, 2.24) is 10.0 Å². The monoisotopic (exact) mass is 334 g/mol. The second kappa shape index (κ2) is 5.21. The number of hydrogen-bond donors (Lipinski definition) is 2. The minimum Gasteiger partial charge on any atom is -0.316 e. The Balaban J connectivity index is 1.71. The molecule has 4 nitrogen and oxygen atoms in total. The highest BCUT2D eigenvalue weighted by atomic mass is 32.2. The molecule has 2 aliphatic rings. The Morgan fingerprint density at radius 2 is 2.00 bits per heavy atom. The van der Waals surface area contributed by atoms with Crippen LogP contribution in [0.2, 0.25) is 0 Å². The van der Waals surface area contributed by atoms with Gasteiger partial charge in [-0.25, -0.2) is 13.1 Å². The van der Waals surface area contributed by atoms with Crippen molar-refractivity contribution in [2.24, 2.45) is 5.41 Å². The molecule has 0 atom stereocenters. The van der Waals surface area contributed by atoms with E-state index in [-0.39, 0.29) is 16.4 Å². The summed E-state index contributed by atoms with van der Waals surface area (Å²) in [5.74, 6) is 0. The first kappa shape index (κ1) is 15.8. The largest absolute Gasteiger partial charge is 0.416 e. The minimum absolute atomic E-state index is 0.168. The van der Waals surface area contributed by atoms with Crippen LogP contribution in [0.15, 0.2) is 29.2 Å². The molecule has 1 spiro atoms. The van der Waals surface area contributed by atoms with Crippen LogP contribution in [0.4, 0.5) is 13.2 Å². The second-order valence-electron chi connectivity index (χ2n) is 6.18. The number of benzene rings is 1. The molecule has 122 valence electrons. The summed E-state index contributed by atoms with van der Waals surface area (Å²) in [5.41, 5.74) is -0.790. The molecule has 2 fully saturated rings. The molecular formula is C14H17F3N2O2S. The zero-order valence-electron chi connectivity index (χ0n) is 11.8. The van der Waals surface area contributed by atoms with E-state index in [0.29, 0.717) is 6.07 Å². The van der Waals surface area contributed by atoms with Gasteiger partial charge in [0.05, 0.1) is 10.5 Å². The topological polar surface area (TPSA) is 58.2 Å². The molecular weight excluding hydrogens is 317 g/mol. The lowest BCUT2D eigenvalue weighted by Crippen LogP contribution is -2.51. The van der Waals surface area contributed by atoms with Crippen LogP contribution in [0, 0.1) is 5.41 Å². The van der Waals surface area contributed by atoms with E-state index >= 15 is 0 Å². The smallest absolute Gasteiger partial charge is 0.316 e. The first-order chi connectivity index (χ1) is 10.2. The maximum atomic E-state index is 12.7. The van der Waals surface area contributed by atoms with Gasteiger partial charge in [0.25, 0.3) is 0 Å². The van der Waals surface area contributed by atoms with E-state index in [0.717, 1.165) is 44.5 Å². The maximum absolute atomic E-state index is 12.7. The third-order valence-electron chi connectivity index (χ3n) is 4.48. The van der Waals surface area contributed by atoms with Crippen molar-refractivity contribution >= 4 is 10.0 Å². The summed E-state index contributed by atoms with van der Waals surface area (Å²) in [4.78, 5) is -0.340. The van der Waals surface area contributed by atoms with Crippen LogP contribution in [-0.4, -0.2) is 27.5 Å². The Morgan fingerprint density at radius 1 is 1.27 bits per heavy atom. The second-order valence-corrected chi connectivity index (χ2v) is 7.89. The van der Waals surface area contributed by atoms with Crippen molar-refractivity contribution in [1.29, 1.82) is 0 Å². The van der Waals surface area contributed by atoms with Gasteiger partial charge in [-0.3, -0.25) is 0 Å². The summed E-state index contributed by atoms with van der Waals surface area (Å²) < 4.78 is 65.0. The van der Waals surface area contributed by atoms with E-state index in [9.17, 15) is 21.6 Å². The summed E-state index contributed by atoms with van der Waals surface area (Å²) in [5, 5.41) is 3.25. The fraction of sp³-hybridized carbons (Fsp3) is 0.571. The van der Waals surface area contributed by atoms with E-state index in [2.05, 4.69) is 10.0 Å². The Labute approximate surface area is 127 Å². The summed E-state index contributed by atoms with van der Waals surface area (Å²) in [6.45, 7) is 1.82. The molecule has 2 N–H and O–H groups in total. The van der Waals surface area contributed by atoms with Crippen LogP contribution >= 0.6 is 0 Å². The van der Waals surface area contributed by atoms with Crippen LogP contribution < -0.4 is 10.0 Å². The molecule has 1 aromatic carbocycles. The van der Waals surface area contributed by atoms with Gasteiger partial charge >= 0.3 is 6.18 Å². The molecule has 1 aliphatic heterocycles. The highest BCUT2D eigenvalue weighted by Gasteiger charge is 2.47. The average molecular weight is 334 g/mol. The van der Waals surface area contributed by atoms with Gasteiger partial charge in [0.2, 0.25) is 10.0 Å². The van der Waals surface area contributed by atoms with Crippen molar-refractivity contribution in [3.8, 4) is 0 Å². The number of hydrogen-bond acceptors (Lipinski definition) is 3. The Bertz CT molecular complexity index is 659. The predicted molar refractivity (Wildman–Crippen MR) is 74.7 cm³/mol. The summed E-state index contributed by atoms with van der Waals surface area (Å²) in [6, 6.07) is 3.64. The molecule has 0 unspecified atom stereocenters. The molecule has 1 saturated carbocycles. The molecule has 3 rings (SSSR count). The molecule has 0 bridgehead atoms. The fourth-order valence-corrected chi connectivity index (χ4v) is 4.62.